The molecule has 1 aromatic heterocycles. The van der Waals surface area contributed by atoms with Crippen molar-refractivity contribution in [2.75, 3.05) is 0 Å². The van der Waals surface area contributed by atoms with Gasteiger partial charge in [-0.3, -0.25) is 19.6 Å². The highest BCUT2D eigenvalue weighted by Gasteiger charge is 2.06. The molecule has 114 valence electrons. The van der Waals surface area contributed by atoms with Gasteiger partial charge in [0.1, 0.15) is 0 Å². The summed E-state index contributed by atoms with van der Waals surface area (Å²) in [4.78, 5) is 22.0. The summed E-state index contributed by atoms with van der Waals surface area (Å²) in [6, 6.07) is 7.83. The number of carbonyl (C=O) groups excluding carboxylic acids is 1. The molecule has 0 aliphatic heterocycles. The van der Waals surface area contributed by atoms with Crippen molar-refractivity contribution in [3.8, 4) is 0 Å². The predicted octanol–water partition coefficient (Wildman–Crippen LogP) is 2.01. The molecule has 2 aromatic rings. The summed E-state index contributed by atoms with van der Waals surface area (Å²) < 4.78 is 1.73. The topological polar surface area (TPSA) is 90.1 Å². The number of non-ortho nitro benzene ring substituents is 1. The fraction of sp³-hybridized carbons (Fsp3) is 0.200. The van der Waals surface area contributed by atoms with Crippen LogP contribution in [0.1, 0.15) is 12.5 Å². The maximum atomic E-state index is 11.8. The Kier molecular flexibility index (Phi) is 5.02. The van der Waals surface area contributed by atoms with Crippen molar-refractivity contribution in [1.29, 1.82) is 0 Å². The lowest BCUT2D eigenvalue weighted by atomic mass is 10.2. The van der Waals surface area contributed by atoms with Crippen LogP contribution in [0.3, 0.4) is 0 Å². The van der Waals surface area contributed by atoms with Gasteiger partial charge in [0, 0.05) is 36.6 Å². The fourth-order valence-electron chi connectivity index (χ4n) is 1.94. The minimum atomic E-state index is -0.469. The average Bonchev–Trinajstić information content (AvgIpc) is 2.98. The molecule has 2 rings (SSSR count). The molecule has 0 bridgehead atoms. The smallest absolute Gasteiger partial charge is 0.270 e. The van der Waals surface area contributed by atoms with Crippen LogP contribution in [0.4, 0.5) is 5.69 Å². The van der Waals surface area contributed by atoms with Crippen LogP contribution in [0.25, 0.3) is 6.08 Å². The van der Waals surface area contributed by atoms with Gasteiger partial charge in [-0.25, -0.2) is 0 Å². The molecule has 0 aliphatic rings. The van der Waals surface area contributed by atoms with Crippen molar-refractivity contribution in [1.82, 2.24) is 15.1 Å². The third kappa shape index (κ3) is 4.55. The summed E-state index contributed by atoms with van der Waals surface area (Å²) in [5.74, 6) is -0.258. The summed E-state index contributed by atoms with van der Waals surface area (Å²) in [7, 11) is 0. The fourth-order valence-corrected chi connectivity index (χ4v) is 1.94. The lowest BCUT2D eigenvalue weighted by molar-refractivity contribution is -0.384. The van der Waals surface area contributed by atoms with Gasteiger partial charge in [-0.05, 0) is 24.6 Å². The number of carbonyl (C=O) groups is 1. The molecule has 0 spiro atoms. The van der Waals surface area contributed by atoms with E-state index in [1.165, 1.54) is 18.2 Å². The first kappa shape index (κ1) is 15.4. The number of rotatable bonds is 6. The van der Waals surface area contributed by atoms with Crippen molar-refractivity contribution in [2.24, 2.45) is 0 Å². The van der Waals surface area contributed by atoms with Crippen molar-refractivity contribution in [2.45, 2.75) is 19.5 Å². The summed E-state index contributed by atoms with van der Waals surface area (Å²) in [5.41, 5.74) is 0.596. The van der Waals surface area contributed by atoms with Crippen LogP contribution < -0.4 is 5.32 Å². The Morgan fingerprint density at radius 3 is 3.00 bits per heavy atom. The standard InChI is InChI=1S/C15H16N4O3/c1-12(11-18-9-3-8-16-18)17-15(20)7-6-13-4-2-5-14(10-13)19(21)22/h2-10,12H,11H2,1H3,(H,17,20)/b7-6+. The zero-order valence-corrected chi connectivity index (χ0v) is 12.0. The molecule has 1 N–H and O–H groups in total. The van der Waals surface area contributed by atoms with Gasteiger partial charge in [0.25, 0.3) is 5.69 Å². The average molecular weight is 300 g/mol. The van der Waals surface area contributed by atoms with Crippen LogP contribution in [0.15, 0.2) is 48.8 Å². The predicted molar refractivity (Wildman–Crippen MR) is 82.0 cm³/mol. The SMILES string of the molecule is CC(Cn1cccn1)NC(=O)/C=C/c1cccc([N+](=O)[O-])c1. The van der Waals surface area contributed by atoms with E-state index in [4.69, 9.17) is 0 Å². The molecule has 0 aliphatic carbocycles. The quantitative estimate of drug-likeness (QED) is 0.502. The van der Waals surface area contributed by atoms with E-state index in [2.05, 4.69) is 10.4 Å². The minimum Gasteiger partial charge on any atom is -0.348 e. The molecule has 0 radical (unpaired) electrons. The summed E-state index contributed by atoms with van der Waals surface area (Å²) in [6.07, 6.45) is 6.40. The highest BCUT2D eigenvalue weighted by molar-refractivity contribution is 5.91. The normalized spacial score (nSPS) is 12.2. The second kappa shape index (κ2) is 7.16. The molecular weight excluding hydrogens is 284 g/mol. The Labute approximate surface area is 127 Å². The van der Waals surface area contributed by atoms with Crippen LogP contribution in [-0.2, 0) is 11.3 Å². The summed E-state index contributed by atoms with van der Waals surface area (Å²) in [6.45, 7) is 2.45. The number of hydrogen-bond donors (Lipinski definition) is 1. The number of aromatic nitrogens is 2. The number of nitro groups is 1. The molecule has 1 atom stereocenters. The Morgan fingerprint density at radius 1 is 1.50 bits per heavy atom. The van der Waals surface area contributed by atoms with E-state index in [1.54, 1.807) is 29.1 Å². The second-order valence-corrected chi connectivity index (χ2v) is 4.82. The van der Waals surface area contributed by atoms with Crippen LogP contribution in [-0.4, -0.2) is 26.7 Å². The van der Waals surface area contributed by atoms with Gasteiger partial charge < -0.3 is 5.32 Å². The number of amides is 1. The van der Waals surface area contributed by atoms with Crippen molar-refractivity contribution in [3.05, 3.63) is 64.5 Å². The van der Waals surface area contributed by atoms with E-state index in [-0.39, 0.29) is 17.6 Å². The highest BCUT2D eigenvalue weighted by Crippen LogP contribution is 2.13. The molecule has 1 amide bonds. The first-order valence-electron chi connectivity index (χ1n) is 6.75. The Morgan fingerprint density at radius 2 is 2.32 bits per heavy atom. The third-order valence-electron chi connectivity index (χ3n) is 2.92. The molecule has 1 aromatic carbocycles. The number of nitrogens with zero attached hydrogens (tertiary/aromatic N) is 3. The van der Waals surface area contributed by atoms with Gasteiger partial charge >= 0.3 is 0 Å². The maximum absolute atomic E-state index is 11.8. The van der Waals surface area contributed by atoms with Gasteiger partial charge in [0.2, 0.25) is 5.91 Å². The molecule has 0 fully saturated rings. The number of nitro benzene ring substituents is 1. The van der Waals surface area contributed by atoms with Gasteiger partial charge in [0.15, 0.2) is 0 Å². The van der Waals surface area contributed by atoms with Crippen LogP contribution in [0.2, 0.25) is 0 Å². The van der Waals surface area contributed by atoms with E-state index < -0.39 is 4.92 Å². The van der Waals surface area contributed by atoms with Gasteiger partial charge in [-0.2, -0.15) is 5.10 Å². The summed E-state index contributed by atoms with van der Waals surface area (Å²) >= 11 is 0. The zero-order chi connectivity index (χ0) is 15.9. The lowest BCUT2D eigenvalue weighted by Gasteiger charge is -2.12. The maximum Gasteiger partial charge on any atom is 0.270 e. The largest absolute Gasteiger partial charge is 0.348 e. The number of nitrogens with one attached hydrogen (secondary N) is 1. The monoisotopic (exact) mass is 300 g/mol. The first-order valence-corrected chi connectivity index (χ1v) is 6.75. The molecule has 0 saturated carbocycles. The van der Waals surface area contributed by atoms with Crippen LogP contribution in [0, 0.1) is 10.1 Å². The van der Waals surface area contributed by atoms with Crippen molar-refractivity contribution in [3.63, 3.8) is 0 Å². The van der Waals surface area contributed by atoms with Gasteiger partial charge in [0.05, 0.1) is 11.5 Å². The molecular formula is C15H16N4O3. The van der Waals surface area contributed by atoms with E-state index in [1.807, 2.05) is 19.2 Å². The van der Waals surface area contributed by atoms with Gasteiger partial charge in [-0.1, -0.05) is 12.1 Å². The van der Waals surface area contributed by atoms with E-state index >= 15 is 0 Å². The van der Waals surface area contributed by atoms with Crippen molar-refractivity contribution >= 4 is 17.7 Å². The van der Waals surface area contributed by atoms with Crippen LogP contribution >= 0.6 is 0 Å². The highest BCUT2D eigenvalue weighted by atomic mass is 16.6. The molecule has 7 heteroatoms. The molecule has 1 unspecified atom stereocenters. The molecule has 0 saturated heterocycles. The first-order chi connectivity index (χ1) is 10.5. The van der Waals surface area contributed by atoms with Crippen molar-refractivity contribution < 1.29 is 9.72 Å². The number of hydrogen-bond acceptors (Lipinski definition) is 4. The number of benzene rings is 1. The minimum absolute atomic E-state index is 0.00499. The van der Waals surface area contributed by atoms with E-state index in [0.29, 0.717) is 12.1 Å². The van der Waals surface area contributed by atoms with E-state index in [0.717, 1.165) is 0 Å². The molecule has 1 heterocycles. The van der Waals surface area contributed by atoms with Gasteiger partial charge in [-0.15, -0.1) is 0 Å². The van der Waals surface area contributed by atoms with Crippen LogP contribution in [0.5, 0.6) is 0 Å². The summed E-state index contributed by atoms with van der Waals surface area (Å²) in [5, 5.41) is 17.6. The lowest BCUT2D eigenvalue weighted by Crippen LogP contribution is -2.34. The molecule has 7 nitrogen and oxygen atoms in total. The Balaban J connectivity index is 1.90. The van der Waals surface area contributed by atoms with E-state index in [9.17, 15) is 14.9 Å². The zero-order valence-electron chi connectivity index (χ0n) is 12.0. The Bertz CT molecular complexity index is 680. The third-order valence-corrected chi connectivity index (χ3v) is 2.92. The Hall–Kier alpha value is -2.96. The second-order valence-electron chi connectivity index (χ2n) is 4.82. The molecule has 22 heavy (non-hydrogen) atoms.